The highest BCUT2D eigenvalue weighted by atomic mass is 16.7. The Hall–Kier alpha value is -3.15. The lowest BCUT2D eigenvalue weighted by Gasteiger charge is -2.16. The third kappa shape index (κ3) is 4.53. The fraction of sp³-hybridized carbons (Fsp3) is 0.286. The molecule has 1 N–H and O–H groups in total. The van der Waals surface area contributed by atoms with Crippen molar-refractivity contribution in [1.29, 1.82) is 0 Å². The van der Waals surface area contributed by atoms with Gasteiger partial charge in [-0.15, -0.1) is 0 Å². The minimum atomic E-state index is -0.705. The highest BCUT2D eigenvalue weighted by Crippen LogP contribution is 2.40. The average molecular weight is 369 g/mol. The van der Waals surface area contributed by atoms with Crippen LogP contribution in [0.15, 0.2) is 42.5 Å². The SMILES string of the molecule is CC=Cc1ccc(OCC(=O)Nc2ccc3c(c2)OC(C)(C)O3)c(OC)c1. The Morgan fingerprint density at radius 3 is 2.63 bits per heavy atom. The lowest BCUT2D eigenvalue weighted by atomic mass is 10.2. The first-order chi connectivity index (χ1) is 12.9. The smallest absolute Gasteiger partial charge is 0.262 e. The summed E-state index contributed by atoms with van der Waals surface area (Å²) in [5.74, 6) is 1.34. The van der Waals surface area contributed by atoms with E-state index in [1.54, 1.807) is 31.4 Å². The highest BCUT2D eigenvalue weighted by Gasteiger charge is 2.31. The Balaban J connectivity index is 1.61. The van der Waals surface area contributed by atoms with Gasteiger partial charge in [-0.3, -0.25) is 4.79 Å². The molecule has 0 bridgehead atoms. The molecule has 3 rings (SSSR count). The van der Waals surface area contributed by atoms with Crippen molar-refractivity contribution in [3.05, 3.63) is 48.0 Å². The molecule has 142 valence electrons. The summed E-state index contributed by atoms with van der Waals surface area (Å²) in [6, 6.07) is 10.8. The van der Waals surface area contributed by atoms with Crippen molar-refractivity contribution in [2.75, 3.05) is 19.0 Å². The molecule has 0 saturated carbocycles. The summed E-state index contributed by atoms with van der Waals surface area (Å²) in [5, 5.41) is 2.79. The lowest BCUT2D eigenvalue weighted by molar-refractivity contribution is -0.118. The summed E-state index contributed by atoms with van der Waals surface area (Å²) < 4.78 is 22.2. The number of ether oxygens (including phenoxy) is 4. The quantitative estimate of drug-likeness (QED) is 0.824. The van der Waals surface area contributed by atoms with Crippen LogP contribution in [0.5, 0.6) is 23.0 Å². The van der Waals surface area contributed by atoms with E-state index in [0.717, 1.165) is 5.56 Å². The topological polar surface area (TPSA) is 66.0 Å². The van der Waals surface area contributed by atoms with E-state index in [-0.39, 0.29) is 12.5 Å². The number of benzene rings is 2. The third-order valence-corrected chi connectivity index (χ3v) is 3.84. The van der Waals surface area contributed by atoms with Crippen molar-refractivity contribution < 1.29 is 23.7 Å². The van der Waals surface area contributed by atoms with Crippen LogP contribution in [0.4, 0.5) is 5.69 Å². The van der Waals surface area contributed by atoms with E-state index in [9.17, 15) is 4.79 Å². The van der Waals surface area contributed by atoms with Crippen LogP contribution < -0.4 is 24.3 Å². The predicted octanol–water partition coefficient (Wildman–Crippen LogP) is 4.25. The maximum absolute atomic E-state index is 12.2. The molecule has 1 aliphatic rings. The molecule has 0 aromatic heterocycles. The van der Waals surface area contributed by atoms with Gasteiger partial charge in [-0.05, 0) is 36.8 Å². The van der Waals surface area contributed by atoms with Crippen molar-refractivity contribution in [2.24, 2.45) is 0 Å². The Kier molecular flexibility index (Phi) is 5.26. The molecule has 27 heavy (non-hydrogen) atoms. The summed E-state index contributed by atoms with van der Waals surface area (Å²) in [6.45, 7) is 5.46. The number of nitrogens with one attached hydrogen (secondary N) is 1. The number of hydrogen-bond donors (Lipinski definition) is 1. The van der Waals surface area contributed by atoms with Crippen molar-refractivity contribution in [2.45, 2.75) is 26.6 Å². The van der Waals surface area contributed by atoms with Crippen molar-refractivity contribution in [3.63, 3.8) is 0 Å². The second kappa shape index (κ2) is 7.61. The first-order valence-corrected chi connectivity index (χ1v) is 8.65. The van der Waals surface area contributed by atoms with Crippen LogP contribution in [-0.2, 0) is 4.79 Å². The normalized spacial score (nSPS) is 14.2. The number of hydrogen-bond acceptors (Lipinski definition) is 5. The van der Waals surface area contributed by atoms with Gasteiger partial charge in [0.05, 0.1) is 7.11 Å². The summed E-state index contributed by atoms with van der Waals surface area (Å²) in [7, 11) is 1.57. The molecular formula is C21H23NO5. The lowest BCUT2D eigenvalue weighted by Crippen LogP contribution is -2.29. The maximum atomic E-state index is 12.2. The van der Waals surface area contributed by atoms with Crippen LogP contribution in [0.3, 0.4) is 0 Å². The minimum Gasteiger partial charge on any atom is -0.493 e. The van der Waals surface area contributed by atoms with Crippen LogP contribution in [0.2, 0.25) is 0 Å². The van der Waals surface area contributed by atoms with Crippen molar-refractivity contribution in [3.8, 4) is 23.0 Å². The molecule has 0 spiro atoms. The average Bonchev–Trinajstić information content (AvgIpc) is 2.93. The number of methoxy groups -OCH3 is 1. The van der Waals surface area contributed by atoms with Gasteiger partial charge in [-0.25, -0.2) is 0 Å². The zero-order valence-electron chi connectivity index (χ0n) is 15.9. The Bertz CT molecular complexity index is 873. The van der Waals surface area contributed by atoms with E-state index in [0.29, 0.717) is 28.7 Å². The highest BCUT2D eigenvalue weighted by molar-refractivity contribution is 5.92. The third-order valence-electron chi connectivity index (χ3n) is 3.84. The molecule has 0 unspecified atom stereocenters. The van der Waals surface area contributed by atoms with Crippen LogP contribution in [0.1, 0.15) is 26.3 Å². The van der Waals surface area contributed by atoms with Crippen LogP contribution >= 0.6 is 0 Å². The molecule has 2 aromatic carbocycles. The molecule has 0 saturated heterocycles. The van der Waals surface area contributed by atoms with E-state index < -0.39 is 5.79 Å². The van der Waals surface area contributed by atoms with Gasteiger partial charge < -0.3 is 24.3 Å². The minimum absolute atomic E-state index is 0.140. The van der Waals surface area contributed by atoms with Crippen LogP contribution in [0, 0.1) is 0 Å². The largest absolute Gasteiger partial charge is 0.493 e. The molecule has 1 heterocycles. The molecule has 0 aliphatic carbocycles. The molecule has 0 radical (unpaired) electrons. The van der Waals surface area contributed by atoms with E-state index in [1.165, 1.54) is 0 Å². The number of allylic oxidation sites excluding steroid dienone is 1. The van der Waals surface area contributed by atoms with E-state index >= 15 is 0 Å². The number of fused-ring (bicyclic) bond motifs is 1. The summed E-state index contributed by atoms with van der Waals surface area (Å²) in [4.78, 5) is 12.2. The molecular weight excluding hydrogens is 346 g/mol. The van der Waals surface area contributed by atoms with Crippen molar-refractivity contribution in [1.82, 2.24) is 0 Å². The Morgan fingerprint density at radius 2 is 1.89 bits per heavy atom. The zero-order valence-corrected chi connectivity index (χ0v) is 15.9. The molecule has 0 fully saturated rings. The number of amides is 1. The van der Waals surface area contributed by atoms with Crippen molar-refractivity contribution >= 4 is 17.7 Å². The van der Waals surface area contributed by atoms with E-state index in [2.05, 4.69) is 5.32 Å². The Morgan fingerprint density at radius 1 is 1.11 bits per heavy atom. The first-order valence-electron chi connectivity index (χ1n) is 8.65. The summed E-state index contributed by atoms with van der Waals surface area (Å²) >= 11 is 0. The first kappa shape index (κ1) is 18.6. The fourth-order valence-corrected chi connectivity index (χ4v) is 2.74. The molecule has 6 nitrogen and oxygen atoms in total. The van der Waals surface area contributed by atoms with Gasteiger partial charge in [0.25, 0.3) is 5.91 Å². The van der Waals surface area contributed by atoms with Crippen LogP contribution in [0.25, 0.3) is 6.08 Å². The second-order valence-corrected chi connectivity index (χ2v) is 6.51. The summed E-state index contributed by atoms with van der Waals surface area (Å²) in [5.41, 5.74) is 1.61. The molecule has 1 amide bonds. The molecule has 6 heteroatoms. The van der Waals surface area contributed by atoms with Gasteiger partial charge >= 0.3 is 0 Å². The predicted molar refractivity (Wildman–Crippen MR) is 104 cm³/mol. The number of anilines is 1. The standard InChI is InChI=1S/C21H23NO5/c1-5-6-14-7-9-16(18(11-14)24-4)25-13-20(23)22-15-8-10-17-19(12-15)27-21(2,3)26-17/h5-12H,13H2,1-4H3,(H,22,23). The fourth-order valence-electron chi connectivity index (χ4n) is 2.74. The Labute approximate surface area is 158 Å². The number of rotatable bonds is 6. The van der Waals surface area contributed by atoms with Gasteiger partial charge in [0, 0.05) is 25.6 Å². The van der Waals surface area contributed by atoms with E-state index in [4.69, 9.17) is 18.9 Å². The second-order valence-electron chi connectivity index (χ2n) is 6.51. The van der Waals surface area contributed by atoms with Gasteiger partial charge in [-0.1, -0.05) is 18.2 Å². The van der Waals surface area contributed by atoms with Gasteiger partial charge in [0.15, 0.2) is 29.6 Å². The zero-order chi connectivity index (χ0) is 19.4. The molecule has 2 aromatic rings. The van der Waals surface area contributed by atoms with Gasteiger partial charge in [-0.2, -0.15) is 0 Å². The summed E-state index contributed by atoms with van der Waals surface area (Å²) in [6.07, 6.45) is 3.90. The monoisotopic (exact) mass is 369 g/mol. The van der Waals surface area contributed by atoms with Gasteiger partial charge in [0.1, 0.15) is 0 Å². The number of carbonyl (C=O) groups excluding carboxylic acids is 1. The molecule has 1 aliphatic heterocycles. The maximum Gasteiger partial charge on any atom is 0.262 e. The number of carbonyl (C=O) groups is 1. The van der Waals surface area contributed by atoms with E-state index in [1.807, 2.05) is 45.1 Å². The van der Waals surface area contributed by atoms with Crippen LogP contribution in [-0.4, -0.2) is 25.4 Å². The van der Waals surface area contributed by atoms with Gasteiger partial charge in [0.2, 0.25) is 5.79 Å². The molecule has 0 atom stereocenters.